The van der Waals surface area contributed by atoms with Crippen molar-refractivity contribution in [2.75, 3.05) is 32.8 Å². The zero-order valence-electron chi connectivity index (χ0n) is 11.5. The van der Waals surface area contributed by atoms with E-state index in [0.29, 0.717) is 32.1 Å². The summed E-state index contributed by atoms with van der Waals surface area (Å²) in [6.45, 7) is 4.47. The summed E-state index contributed by atoms with van der Waals surface area (Å²) in [5.41, 5.74) is 4.40. The van der Waals surface area contributed by atoms with Gasteiger partial charge < -0.3 is 15.2 Å². The lowest BCUT2D eigenvalue weighted by atomic mass is 10.0. The average molecular weight is 282 g/mol. The van der Waals surface area contributed by atoms with Crippen LogP contribution in [0.1, 0.15) is 6.92 Å². The normalized spacial score (nSPS) is 23.5. The van der Waals surface area contributed by atoms with E-state index in [1.54, 1.807) is 19.1 Å². The summed E-state index contributed by atoms with van der Waals surface area (Å²) in [5.74, 6) is -0.123. The molecular weight excluding hydrogens is 263 g/mol. The zero-order valence-corrected chi connectivity index (χ0v) is 11.5. The topological polar surface area (TPSA) is 64.8 Å². The van der Waals surface area contributed by atoms with Crippen LogP contribution in [0.5, 0.6) is 5.75 Å². The summed E-state index contributed by atoms with van der Waals surface area (Å²) in [4.78, 5) is 13.4. The summed E-state index contributed by atoms with van der Waals surface area (Å²) in [5, 5.41) is 0. The van der Waals surface area contributed by atoms with E-state index in [0.717, 1.165) is 6.54 Å². The van der Waals surface area contributed by atoms with Gasteiger partial charge in [-0.2, -0.15) is 0 Å². The number of amides is 1. The van der Waals surface area contributed by atoms with Crippen LogP contribution < -0.4 is 10.5 Å². The Kier molecular flexibility index (Phi) is 4.57. The second-order valence-electron chi connectivity index (χ2n) is 5.02. The molecule has 5 nitrogen and oxygen atoms in total. The number of nitrogens with two attached hydrogens (primary N) is 1. The van der Waals surface area contributed by atoms with E-state index in [1.807, 2.05) is 0 Å². The molecule has 1 aromatic rings. The maximum Gasteiger partial charge on any atom is 0.250 e. The third kappa shape index (κ3) is 3.68. The van der Waals surface area contributed by atoms with Crippen LogP contribution in [0, 0.1) is 5.82 Å². The number of rotatable bonds is 5. The van der Waals surface area contributed by atoms with Crippen LogP contribution in [0.3, 0.4) is 0 Å². The number of primary amides is 1. The zero-order chi connectivity index (χ0) is 14.6. The number of carbonyl (C=O) groups is 1. The molecule has 1 aliphatic rings. The van der Waals surface area contributed by atoms with Gasteiger partial charge in [0.2, 0.25) is 0 Å². The minimum absolute atomic E-state index is 0.289. The largest absolute Gasteiger partial charge is 0.492 e. The molecule has 2 N–H and O–H groups in total. The van der Waals surface area contributed by atoms with Crippen LogP contribution >= 0.6 is 0 Å². The monoisotopic (exact) mass is 282 g/mol. The Bertz CT molecular complexity index is 466. The van der Waals surface area contributed by atoms with Gasteiger partial charge in [0.25, 0.3) is 5.91 Å². The molecule has 0 spiro atoms. The molecule has 0 bridgehead atoms. The van der Waals surface area contributed by atoms with Crippen molar-refractivity contribution < 1.29 is 18.7 Å². The molecule has 0 aromatic heterocycles. The van der Waals surface area contributed by atoms with Gasteiger partial charge in [-0.3, -0.25) is 9.69 Å². The fraction of sp³-hybridized carbons (Fsp3) is 0.500. The molecule has 1 heterocycles. The molecule has 1 atom stereocenters. The number of morpholine rings is 1. The van der Waals surface area contributed by atoms with Gasteiger partial charge in [-0.1, -0.05) is 0 Å². The van der Waals surface area contributed by atoms with E-state index in [2.05, 4.69) is 4.90 Å². The molecular formula is C14H19FN2O3. The standard InChI is InChI=1S/C14H19FN2O3/c1-14(13(16)18)10-17(7-9-20-14)6-8-19-12-4-2-11(15)3-5-12/h2-5H,6-10H2,1H3,(H2,16,18). The summed E-state index contributed by atoms with van der Waals surface area (Å²) >= 11 is 0. The second kappa shape index (κ2) is 6.19. The van der Waals surface area contributed by atoms with Gasteiger partial charge in [-0.25, -0.2) is 4.39 Å². The minimum Gasteiger partial charge on any atom is -0.492 e. The van der Waals surface area contributed by atoms with E-state index in [1.165, 1.54) is 12.1 Å². The van der Waals surface area contributed by atoms with Crippen molar-refractivity contribution in [3.63, 3.8) is 0 Å². The van der Waals surface area contributed by atoms with Crippen molar-refractivity contribution in [3.05, 3.63) is 30.1 Å². The average Bonchev–Trinajstić information content (AvgIpc) is 2.41. The van der Waals surface area contributed by atoms with Crippen molar-refractivity contribution in [3.8, 4) is 5.75 Å². The molecule has 1 amide bonds. The van der Waals surface area contributed by atoms with Crippen LogP contribution in [0.25, 0.3) is 0 Å². The van der Waals surface area contributed by atoms with Crippen molar-refractivity contribution in [1.29, 1.82) is 0 Å². The molecule has 1 fully saturated rings. The summed E-state index contributed by atoms with van der Waals surface area (Å²) in [7, 11) is 0. The fourth-order valence-corrected chi connectivity index (χ4v) is 2.11. The first-order valence-electron chi connectivity index (χ1n) is 6.54. The Hall–Kier alpha value is -1.66. The Morgan fingerprint density at radius 1 is 1.50 bits per heavy atom. The van der Waals surface area contributed by atoms with E-state index in [9.17, 15) is 9.18 Å². The van der Waals surface area contributed by atoms with Crippen LogP contribution in [-0.4, -0.2) is 49.3 Å². The maximum atomic E-state index is 12.7. The number of carbonyl (C=O) groups excluding carboxylic acids is 1. The van der Waals surface area contributed by atoms with E-state index >= 15 is 0 Å². The number of hydrogen-bond acceptors (Lipinski definition) is 4. The van der Waals surface area contributed by atoms with E-state index in [4.69, 9.17) is 15.2 Å². The first-order chi connectivity index (χ1) is 9.49. The van der Waals surface area contributed by atoms with Crippen LogP contribution in [0.4, 0.5) is 4.39 Å². The van der Waals surface area contributed by atoms with Crippen molar-refractivity contribution in [2.24, 2.45) is 5.73 Å². The van der Waals surface area contributed by atoms with Crippen LogP contribution in [-0.2, 0) is 9.53 Å². The quantitative estimate of drug-likeness (QED) is 0.867. The molecule has 6 heteroatoms. The van der Waals surface area contributed by atoms with Crippen molar-refractivity contribution >= 4 is 5.91 Å². The lowest BCUT2D eigenvalue weighted by molar-refractivity contribution is -0.153. The molecule has 110 valence electrons. The highest BCUT2D eigenvalue weighted by molar-refractivity contribution is 5.83. The predicted molar refractivity (Wildman–Crippen MR) is 71.9 cm³/mol. The predicted octanol–water partition coefficient (Wildman–Crippen LogP) is 0.781. The molecule has 2 rings (SSSR count). The summed E-state index contributed by atoms with van der Waals surface area (Å²) in [6, 6.07) is 5.88. The molecule has 0 radical (unpaired) electrons. The van der Waals surface area contributed by atoms with Crippen LogP contribution in [0.2, 0.25) is 0 Å². The minimum atomic E-state index is -0.936. The third-order valence-electron chi connectivity index (χ3n) is 3.36. The number of halogens is 1. The number of ether oxygens (including phenoxy) is 2. The Morgan fingerprint density at radius 2 is 2.20 bits per heavy atom. The smallest absolute Gasteiger partial charge is 0.250 e. The lowest BCUT2D eigenvalue weighted by Gasteiger charge is -2.38. The highest BCUT2D eigenvalue weighted by Gasteiger charge is 2.37. The highest BCUT2D eigenvalue weighted by Crippen LogP contribution is 2.17. The van der Waals surface area contributed by atoms with Gasteiger partial charge in [0, 0.05) is 19.6 Å². The van der Waals surface area contributed by atoms with Gasteiger partial charge in [0.1, 0.15) is 18.2 Å². The molecule has 0 aliphatic carbocycles. The second-order valence-corrected chi connectivity index (χ2v) is 5.02. The Balaban J connectivity index is 1.79. The first-order valence-corrected chi connectivity index (χ1v) is 6.54. The number of benzene rings is 1. The molecule has 1 unspecified atom stereocenters. The van der Waals surface area contributed by atoms with Crippen molar-refractivity contribution in [2.45, 2.75) is 12.5 Å². The maximum absolute atomic E-state index is 12.7. The van der Waals surface area contributed by atoms with Gasteiger partial charge in [-0.05, 0) is 31.2 Å². The summed E-state index contributed by atoms with van der Waals surface area (Å²) < 4.78 is 23.7. The van der Waals surface area contributed by atoms with Gasteiger partial charge in [0.05, 0.1) is 6.61 Å². The summed E-state index contributed by atoms with van der Waals surface area (Å²) in [6.07, 6.45) is 0. The van der Waals surface area contributed by atoms with Gasteiger partial charge in [0.15, 0.2) is 5.60 Å². The molecule has 1 aromatic carbocycles. The third-order valence-corrected chi connectivity index (χ3v) is 3.36. The fourth-order valence-electron chi connectivity index (χ4n) is 2.11. The highest BCUT2D eigenvalue weighted by atomic mass is 19.1. The SMILES string of the molecule is CC1(C(N)=O)CN(CCOc2ccc(F)cc2)CCO1. The number of nitrogens with zero attached hydrogens (tertiary/aromatic N) is 1. The molecule has 1 saturated heterocycles. The number of hydrogen-bond donors (Lipinski definition) is 1. The Labute approximate surface area is 117 Å². The molecule has 20 heavy (non-hydrogen) atoms. The molecule has 0 saturated carbocycles. The first kappa shape index (κ1) is 14.7. The van der Waals surface area contributed by atoms with E-state index in [-0.39, 0.29) is 5.82 Å². The Morgan fingerprint density at radius 3 is 2.85 bits per heavy atom. The lowest BCUT2D eigenvalue weighted by Crippen LogP contribution is -2.57. The van der Waals surface area contributed by atoms with Gasteiger partial charge >= 0.3 is 0 Å². The van der Waals surface area contributed by atoms with Crippen molar-refractivity contribution in [1.82, 2.24) is 4.90 Å². The van der Waals surface area contributed by atoms with Crippen LogP contribution in [0.15, 0.2) is 24.3 Å². The van der Waals surface area contributed by atoms with E-state index < -0.39 is 11.5 Å². The van der Waals surface area contributed by atoms with Gasteiger partial charge in [-0.15, -0.1) is 0 Å². The molecule has 1 aliphatic heterocycles.